The van der Waals surface area contributed by atoms with Gasteiger partial charge in [-0.15, -0.1) is 24.8 Å². The first-order chi connectivity index (χ1) is 9.37. The quantitative estimate of drug-likeness (QED) is 0.647. The van der Waals surface area contributed by atoms with Gasteiger partial charge in [-0.25, -0.2) is 0 Å². The van der Waals surface area contributed by atoms with Crippen molar-refractivity contribution in [3.05, 3.63) is 32.7 Å². The Labute approximate surface area is 157 Å². The summed E-state index contributed by atoms with van der Waals surface area (Å²) in [5.74, 6) is 0. The Morgan fingerprint density at radius 1 is 1.14 bits per heavy atom. The molecule has 0 bridgehead atoms. The third-order valence-corrected chi connectivity index (χ3v) is 4.55. The van der Waals surface area contributed by atoms with Gasteiger partial charge in [0.25, 0.3) is 0 Å². The van der Waals surface area contributed by atoms with Gasteiger partial charge in [-0.1, -0.05) is 31.9 Å². The first-order valence-electron chi connectivity index (χ1n) is 6.33. The number of hydrogen-bond acceptors (Lipinski definition) is 2. The summed E-state index contributed by atoms with van der Waals surface area (Å²) in [5.41, 5.74) is 0.679. The molecule has 1 heterocycles. The van der Waals surface area contributed by atoms with Crippen LogP contribution in [0.5, 0.6) is 0 Å². The molecule has 1 aliphatic rings. The largest absolute Gasteiger partial charge is 0.390 e. The second-order valence-corrected chi connectivity index (χ2v) is 6.56. The molecule has 1 aliphatic heterocycles. The molecule has 1 saturated heterocycles. The highest BCUT2D eigenvalue weighted by Gasteiger charge is 2.36. The lowest BCUT2D eigenvalue weighted by atomic mass is 10.0. The van der Waals surface area contributed by atoms with Crippen molar-refractivity contribution in [1.29, 1.82) is 0 Å². The van der Waals surface area contributed by atoms with Crippen LogP contribution in [0.2, 0.25) is 0 Å². The van der Waals surface area contributed by atoms with Crippen LogP contribution in [0.3, 0.4) is 0 Å². The van der Waals surface area contributed by atoms with Crippen LogP contribution < -0.4 is 5.32 Å². The van der Waals surface area contributed by atoms with Crippen molar-refractivity contribution in [3.63, 3.8) is 0 Å². The van der Waals surface area contributed by atoms with Gasteiger partial charge in [0, 0.05) is 41.2 Å². The molecule has 0 saturated carbocycles. The van der Waals surface area contributed by atoms with Gasteiger partial charge in [0.05, 0.1) is 6.42 Å². The highest BCUT2D eigenvalue weighted by molar-refractivity contribution is 9.11. The fraction of sp³-hybridized carbons (Fsp3) is 0.538. The van der Waals surface area contributed by atoms with E-state index in [0.29, 0.717) is 23.1 Å². The van der Waals surface area contributed by atoms with Crippen molar-refractivity contribution >= 4 is 56.7 Å². The van der Waals surface area contributed by atoms with Crippen molar-refractivity contribution in [2.45, 2.75) is 18.6 Å². The van der Waals surface area contributed by atoms with Gasteiger partial charge in [-0.3, -0.25) is 4.90 Å². The highest BCUT2D eigenvalue weighted by atomic mass is 79.9. The van der Waals surface area contributed by atoms with E-state index in [1.54, 1.807) is 12.1 Å². The summed E-state index contributed by atoms with van der Waals surface area (Å²) < 4.78 is 40.2. The first kappa shape index (κ1) is 22.5. The molecule has 0 aliphatic carbocycles. The average molecular weight is 489 g/mol. The number of halogens is 7. The first-order valence-corrected chi connectivity index (χ1v) is 7.92. The zero-order valence-electron chi connectivity index (χ0n) is 11.5. The minimum Gasteiger partial charge on any atom is -0.314 e. The maximum absolute atomic E-state index is 12.9. The van der Waals surface area contributed by atoms with E-state index in [2.05, 4.69) is 37.2 Å². The molecule has 128 valence electrons. The molecule has 1 aromatic rings. The third-order valence-electron chi connectivity index (χ3n) is 3.33. The van der Waals surface area contributed by atoms with Crippen molar-refractivity contribution in [2.75, 3.05) is 26.2 Å². The molecule has 1 fully saturated rings. The number of rotatable bonds is 3. The maximum Gasteiger partial charge on any atom is 0.390 e. The summed E-state index contributed by atoms with van der Waals surface area (Å²) in [7, 11) is 0. The van der Waals surface area contributed by atoms with Crippen LogP contribution in [0.1, 0.15) is 18.0 Å². The molecule has 9 heteroatoms. The lowest BCUT2D eigenvalue weighted by molar-refractivity contribution is -0.148. The zero-order valence-corrected chi connectivity index (χ0v) is 16.3. The normalized spacial score (nSPS) is 17.3. The molecule has 0 spiro atoms. The molecule has 1 atom stereocenters. The summed E-state index contributed by atoms with van der Waals surface area (Å²) in [6.07, 6.45) is -5.01. The average Bonchev–Trinajstić information content (AvgIpc) is 2.39. The second kappa shape index (κ2) is 9.69. The predicted octanol–water partition coefficient (Wildman–Crippen LogP) is 4.95. The van der Waals surface area contributed by atoms with E-state index in [1.165, 1.54) is 0 Å². The Kier molecular flexibility index (Phi) is 9.90. The molecule has 2 rings (SSSR count). The zero-order chi connectivity index (χ0) is 14.8. The van der Waals surface area contributed by atoms with Gasteiger partial charge >= 0.3 is 6.18 Å². The van der Waals surface area contributed by atoms with E-state index in [4.69, 9.17) is 0 Å². The molecule has 0 aromatic heterocycles. The predicted molar refractivity (Wildman–Crippen MR) is 94.2 cm³/mol. The third kappa shape index (κ3) is 6.53. The molecule has 1 aromatic carbocycles. The number of nitrogens with one attached hydrogen (secondary N) is 1. The molecular weight excluding hydrogens is 472 g/mol. The van der Waals surface area contributed by atoms with E-state index in [-0.39, 0.29) is 24.8 Å². The van der Waals surface area contributed by atoms with Crippen molar-refractivity contribution < 1.29 is 13.2 Å². The molecule has 2 nitrogen and oxygen atoms in total. The number of nitrogens with zero attached hydrogens (tertiary/aromatic N) is 1. The van der Waals surface area contributed by atoms with E-state index >= 15 is 0 Å². The molecule has 0 amide bonds. The fourth-order valence-electron chi connectivity index (χ4n) is 2.42. The van der Waals surface area contributed by atoms with Crippen LogP contribution in [-0.2, 0) is 0 Å². The lowest BCUT2D eigenvalue weighted by Crippen LogP contribution is -2.46. The smallest absolute Gasteiger partial charge is 0.314 e. The number of benzene rings is 1. The van der Waals surface area contributed by atoms with E-state index < -0.39 is 18.6 Å². The van der Waals surface area contributed by atoms with Gasteiger partial charge in [-0.2, -0.15) is 13.2 Å². The lowest BCUT2D eigenvalue weighted by Gasteiger charge is -2.36. The van der Waals surface area contributed by atoms with Crippen LogP contribution in [-0.4, -0.2) is 37.3 Å². The van der Waals surface area contributed by atoms with Gasteiger partial charge in [-0.05, 0) is 23.8 Å². The molecule has 22 heavy (non-hydrogen) atoms. The van der Waals surface area contributed by atoms with Crippen LogP contribution >= 0.6 is 56.7 Å². The highest BCUT2D eigenvalue weighted by Crippen LogP contribution is 2.38. The number of hydrogen-bond donors (Lipinski definition) is 1. The van der Waals surface area contributed by atoms with Crippen molar-refractivity contribution in [1.82, 2.24) is 10.2 Å². The SMILES string of the molecule is Cl.Cl.FC(F)(F)C[C@@H](c1cc(Br)ccc1Br)N1CCNCC1. The second-order valence-electron chi connectivity index (χ2n) is 4.79. The van der Waals surface area contributed by atoms with Crippen LogP contribution in [0.15, 0.2) is 27.1 Å². The Hall–Kier alpha value is 0.470. The standard InChI is InChI=1S/C13H15Br2F3N2.2ClH/c14-9-1-2-11(15)10(7-9)12(8-13(16,17)18)20-5-3-19-4-6-20;;/h1-2,7,12,19H,3-6,8H2;2*1H/t12-;;/m0../s1. The van der Waals surface area contributed by atoms with Crippen LogP contribution in [0.4, 0.5) is 13.2 Å². The molecule has 0 unspecified atom stereocenters. The maximum atomic E-state index is 12.9. The summed E-state index contributed by atoms with van der Waals surface area (Å²) in [6, 6.07) is 4.72. The molecule has 1 N–H and O–H groups in total. The Morgan fingerprint density at radius 2 is 1.73 bits per heavy atom. The van der Waals surface area contributed by atoms with Crippen molar-refractivity contribution in [3.8, 4) is 0 Å². The van der Waals surface area contributed by atoms with Crippen LogP contribution in [0, 0.1) is 0 Å². The molecule has 0 radical (unpaired) electrons. The van der Waals surface area contributed by atoms with Gasteiger partial charge in [0.2, 0.25) is 0 Å². The number of piperazine rings is 1. The monoisotopic (exact) mass is 486 g/mol. The van der Waals surface area contributed by atoms with E-state index in [9.17, 15) is 13.2 Å². The van der Waals surface area contributed by atoms with Crippen molar-refractivity contribution in [2.24, 2.45) is 0 Å². The molecular formula is C13H17Br2Cl2F3N2. The van der Waals surface area contributed by atoms with E-state index in [0.717, 1.165) is 17.6 Å². The summed E-state index contributed by atoms with van der Waals surface area (Å²) in [4.78, 5) is 1.90. The Bertz CT molecular complexity index is 469. The summed E-state index contributed by atoms with van der Waals surface area (Å²) in [6.45, 7) is 2.69. The summed E-state index contributed by atoms with van der Waals surface area (Å²) >= 11 is 6.71. The van der Waals surface area contributed by atoms with Crippen LogP contribution in [0.25, 0.3) is 0 Å². The van der Waals surface area contributed by atoms with Gasteiger partial charge in [0.1, 0.15) is 0 Å². The van der Waals surface area contributed by atoms with Gasteiger partial charge in [0.15, 0.2) is 0 Å². The van der Waals surface area contributed by atoms with E-state index in [1.807, 2.05) is 11.0 Å². The Morgan fingerprint density at radius 3 is 2.27 bits per heavy atom. The summed E-state index contributed by atoms with van der Waals surface area (Å²) in [5, 5.41) is 3.17. The number of alkyl halides is 3. The van der Waals surface area contributed by atoms with Gasteiger partial charge < -0.3 is 5.32 Å². The fourth-order valence-corrected chi connectivity index (χ4v) is 3.31. The minimum atomic E-state index is -4.18. The Balaban J connectivity index is 0.00000220. The topological polar surface area (TPSA) is 15.3 Å². The minimum absolute atomic E-state index is 0.